The fourth-order valence-corrected chi connectivity index (χ4v) is 1.93. The van der Waals surface area contributed by atoms with E-state index in [0.717, 1.165) is 18.6 Å². The van der Waals surface area contributed by atoms with E-state index in [1.54, 1.807) is 0 Å². The summed E-state index contributed by atoms with van der Waals surface area (Å²) in [6.07, 6.45) is 1.98. The van der Waals surface area contributed by atoms with Crippen molar-refractivity contribution in [2.45, 2.75) is 46.0 Å². The number of ether oxygens (including phenoxy) is 1. The Labute approximate surface area is 110 Å². The van der Waals surface area contributed by atoms with Gasteiger partial charge in [0.25, 0.3) is 0 Å². The summed E-state index contributed by atoms with van der Waals surface area (Å²) in [5.74, 6) is 1.70. The second-order valence-corrected chi connectivity index (χ2v) is 5.68. The van der Waals surface area contributed by atoms with Gasteiger partial charge in [-0.15, -0.1) is 11.6 Å². The van der Waals surface area contributed by atoms with Crippen LogP contribution in [0.15, 0.2) is 18.2 Å². The molecule has 0 bridgehead atoms. The quantitative estimate of drug-likeness (QED) is 0.701. The van der Waals surface area contributed by atoms with Crippen molar-refractivity contribution in [3.8, 4) is 5.75 Å². The SMILES string of the molecule is CCOc1ccc(C(C)(C)C)cc1CCCCl. The predicted molar refractivity (Wildman–Crippen MR) is 75.4 cm³/mol. The molecule has 0 amide bonds. The van der Waals surface area contributed by atoms with Crippen LogP contribution < -0.4 is 4.74 Å². The molecule has 1 aromatic rings. The molecule has 0 unspecified atom stereocenters. The highest BCUT2D eigenvalue weighted by atomic mass is 35.5. The Kier molecular flexibility index (Phi) is 5.32. The molecule has 0 aromatic heterocycles. The van der Waals surface area contributed by atoms with E-state index in [9.17, 15) is 0 Å². The Morgan fingerprint density at radius 1 is 1.24 bits per heavy atom. The number of aryl methyl sites for hydroxylation is 1. The van der Waals surface area contributed by atoms with Gasteiger partial charge in [0, 0.05) is 5.88 Å². The number of alkyl halides is 1. The minimum absolute atomic E-state index is 0.181. The molecular weight excluding hydrogens is 232 g/mol. The minimum atomic E-state index is 0.181. The Balaban J connectivity index is 3.01. The first-order chi connectivity index (χ1) is 7.99. The highest BCUT2D eigenvalue weighted by molar-refractivity contribution is 6.17. The number of hydrogen-bond acceptors (Lipinski definition) is 1. The number of halogens is 1. The lowest BCUT2D eigenvalue weighted by Crippen LogP contribution is -2.12. The summed E-state index contributed by atoms with van der Waals surface area (Å²) in [4.78, 5) is 0. The topological polar surface area (TPSA) is 9.23 Å². The lowest BCUT2D eigenvalue weighted by molar-refractivity contribution is 0.336. The maximum absolute atomic E-state index is 5.77. The normalized spacial score (nSPS) is 11.6. The van der Waals surface area contributed by atoms with E-state index in [4.69, 9.17) is 16.3 Å². The van der Waals surface area contributed by atoms with Crippen LogP contribution in [0.1, 0.15) is 45.2 Å². The van der Waals surface area contributed by atoms with Crippen LogP contribution in [0.4, 0.5) is 0 Å². The van der Waals surface area contributed by atoms with Crippen LogP contribution >= 0.6 is 11.6 Å². The smallest absolute Gasteiger partial charge is 0.122 e. The molecule has 0 aliphatic heterocycles. The first kappa shape index (κ1) is 14.4. The van der Waals surface area contributed by atoms with Gasteiger partial charge in [0.1, 0.15) is 5.75 Å². The van der Waals surface area contributed by atoms with E-state index in [1.165, 1.54) is 11.1 Å². The van der Waals surface area contributed by atoms with Crippen molar-refractivity contribution >= 4 is 11.6 Å². The van der Waals surface area contributed by atoms with Crippen LogP contribution in [-0.2, 0) is 11.8 Å². The lowest BCUT2D eigenvalue weighted by atomic mass is 9.85. The zero-order chi connectivity index (χ0) is 12.9. The maximum atomic E-state index is 5.77. The van der Waals surface area contributed by atoms with Gasteiger partial charge in [-0.1, -0.05) is 32.9 Å². The van der Waals surface area contributed by atoms with E-state index in [0.29, 0.717) is 12.5 Å². The summed E-state index contributed by atoms with van der Waals surface area (Å²) in [6, 6.07) is 6.51. The summed E-state index contributed by atoms with van der Waals surface area (Å²) in [5, 5.41) is 0. The summed E-state index contributed by atoms with van der Waals surface area (Å²) < 4.78 is 5.66. The molecular formula is C15H23ClO. The van der Waals surface area contributed by atoms with Crippen molar-refractivity contribution < 1.29 is 4.74 Å². The van der Waals surface area contributed by atoms with Crippen molar-refractivity contribution in [2.75, 3.05) is 12.5 Å². The third-order valence-electron chi connectivity index (χ3n) is 2.81. The van der Waals surface area contributed by atoms with Gasteiger partial charge in [0.05, 0.1) is 6.61 Å². The van der Waals surface area contributed by atoms with E-state index in [2.05, 4.69) is 39.0 Å². The summed E-state index contributed by atoms with van der Waals surface area (Å²) in [7, 11) is 0. The largest absolute Gasteiger partial charge is 0.494 e. The van der Waals surface area contributed by atoms with Crippen LogP contribution in [0.5, 0.6) is 5.75 Å². The maximum Gasteiger partial charge on any atom is 0.122 e. The molecule has 2 heteroatoms. The molecule has 1 nitrogen and oxygen atoms in total. The number of benzene rings is 1. The summed E-state index contributed by atoms with van der Waals surface area (Å²) in [6.45, 7) is 9.42. The van der Waals surface area contributed by atoms with Crippen molar-refractivity contribution in [3.05, 3.63) is 29.3 Å². The van der Waals surface area contributed by atoms with Crippen molar-refractivity contribution in [1.82, 2.24) is 0 Å². The van der Waals surface area contributed by atoms with Gasteiger partial charge >= 0.3 is 0 Å². The second kappa shape index (κ2) is 6.30. The first-order valence-electron chi connectivity index (χ1n) is 6.31. The summed E-state index contributed by atoms with van der Waals surface area (Å²) in [5.41, 5.74) is 2.81. The van der Waals surface area contributed by atoms with Crippen LogP contribution in [0, 0.1) is 0 Å². The molecule has 0 heterocycles. The molecule has 0 saturated carbocycles. The molecule has 0 aliphatic rings. The Bertz CT molecular complexity index is 352. The standard InChI is InChI=1S/C15H23ClO/c1-5-17-14-9-8-13(15(2,3)4)11-12(14)7-6-10-16/h8-9,11H,5-7,10H2,1-4H3. The van der Waals surface area contributed by atoms with Gasteiger partial charge in [-0.25, -0.2) is 0 Å². The lowest BCUT2D eigenvalue weighted by Gasteiger charge is -2.21. The average Bonchev–Trinajstić information content (AvgIpc) is 2.26. The van der Waals surface area contributed by atoms with Crippen LogP contribution in [0.25, 0.3) is 0 Å². The highest BCUT2D eigenvalue weighted by Gasteiger charge is 2.15. The molecule has 96 valence electrons. The molecule has 0 radical (unpaired) electrons. The monoisotopic (exact) mass is 254 g/mol. The van der Waals surface area contributed by atoms with E-state index in [-0.39, 0.29) is 5.41 Å². The fraction of sp³-hybridized carbons (Fsp3) is 0.600. The molecule has 1 rings (SSSR count). The molecule has 0 saturated heterocycles. The van der Waals surface area contributed by atoms with Crippen LogP contribution in [0.3, 0.4) is 0 Å². The van der Waals surface area contributed by atoms with Gasteiger partial charge in [-0.05, 0) is 42.4 Å². The third-order valence-corrected chi connectivity index (χ3v) is 3.07. The van der Waals surface area contributed by atoms with E-state index in [1.807, 2.05) is 6.92 Å². The number of rotatable bonds is 5. The molecule has 0 atom stereocenters. The number of hydrogen-bond donors (Lipinski definition) is 0. The molecule has 0 spiro atoms. The summed E-state index contributed by atoms with van der Waals surface area (Å²) >= 11 is 5.77. The first-order valence-corrected chi connectivity index (χ1v) is 6.84. The molecule has 17 heavy (non-hydrogen) atoms. The van der Waals surface area contributed by atoms with Crippen molar-refractivity contribution in [1.29, 1.82) is 0 Å². The van der Waals surface area contributed by atoms with Gasteiger partial charge in [0.2, 0.25) is 0 Å². The van der Waals surface area contributed by atoms with E-state index >= 15 is 0 Å². The average molecular weight is 255 g/mol. The Morgan fingerprint density at radius 2 is 1.94 bits per heavy atom. The van der Waals surface area contributed by atoms with Crippen LogP contribution in [-0.4, -0.2) is 12.5 Å². The fourth-order valence-electron chi connectivity index (χ4n) is 1.79. The van der Waals surface area contributed by atoms with Gasteiger partial charge in [-0.2, -0.15) is 0 Å². The Morgan fingerprint density at radius 3 is 2.47 bits per heavy atom. The highest BCUT2D eigenvalue weighted by Crippen LogP contribution is 2.28. The van der Waals surface area contributed by atoms with Crippen LogP contribution in [0.2, 0.25) is 0 Å². The zero-order valence-corrected chi connectivity index (χ0v) is 12.1. The minimum Gasteiger partial charge on any atom is -0.494 e. The molecule has 0 fully saturated rings. The zero-order valence-electron chi connectivity index (χ0n) is 11.3. The van der Waals surface area contributed by atoms with Gasteiger partial charge < -0.3 is 4.74 Å². The van der Waals surface area contributed by atoms with Gasteiger partial charge in [0.15, 0.2) is 0 Å². The molecule has 0 aliphatic carbocycles. The van der Waals surface area contributed by atoms with Crippen molar-refractivity contribution in [2.24, 2.45) is 0 Å². The second-order valence-electron chi connectivity index (χ2n) is 5.30. The molecule has 1 aromatic carbocycles. The molecule has 0 N–H and O–H groups in total. The van der Waals surface area contributed by atoms with Gasteiger partial charge in [-0.3, -0.25) is 0 Å². The predicted octanol–water partition coefficient (Wildman–Crippen LogP) is 4.55. The Hall–Kier alpha value is -0.690. The van der Waals surface area contributed by atoms with Crippen molar-refractivity contribution in [3.63, 3.8) is 0 Å². The van der Waals surface area contributed by atoms with E-state index < -0.39 is 0 Å². The third kappa shape index (κ3) is 4.23.